The first-order valence-corrected chi connectivity index (χ1v) is 7.02. The van der Waals surface area contributed by atoms with Gasteiger partial charge in [-0.3, -0.25) is 4.79 Å². The molecule has 0 unspecified atom stereocenters. The standard InChI is InChI=1S/C16H17NO6/c1-8-10-3-4-12(18)9(2)15(10)23-16(22)11(8)7-13(19)17-6-5-14(20)21/h3-4,18H,5-7H2,1-2H3,(H,17,19)(H,20,21)/p-1. The fourth-order valence-corrected chi connectivity index (χ4v) is 2.31. The Balaban J connectivity index is 2.31. The van der Waals surface area contributed by atoms with Crippen molar-refractivity contribution in [2.45, 2.75) is 26.7 Å². The third kappa shape index (κ3) is 3.50. The number of carboxylic acid groups (broad SMARTS) is 1. The maximum atomic E-state index is 12.1. The van der Waals surface area contributed by atoms with Crippen molar-refractivity contribution < 1.29 is 24.2 Å². The maximum Gasteiger partial charge on any atom is 0.340 e. The minimum absolute atomic E-state index is 0.0211. The molecule has 23 heavy (non-hydrogen) atoms. The van der Waals surface area contributed by atoms with Crippen molar-refractivity contribution >= 4 is 22.8 Å². The maximum absolute atomic E-state index is 12.1. The van der Waals surface area contributed by atoms with Gasteiger partial charge in [0.1, 0.15) is 11.3 Å². The third-order valence-corrected chi connectivity index (χ3v) is 3.66. The number of hydrogen-bond acceptors (Lipinski definition) is 6. The Bertz CT molecular complexity index is 837. The summed E-state index contributed by atoms with van der Waals surface area (Å²) in [5.74, 6) is -1.72. The summed E-state index contributed by atoms with van der Waals surface area (Å²) in [6, 6.07) is 3.11. The van der Waals surface area contributed by atoms with Crippen LogP contribution in [0.15, 0.2) is 21.3 Å². The van der Waals surface area contributed by atoms with Crippen LogP contribution >= 0.6 is 0 Å². The average molecular weight is 318 g/mol. The van der Waals surface area contributed by atoms with E-state index in [-0.39, 0.29) is 36.3 Å². The van der Waals surface area contributed by atoms with Crippen molar-refractivity contribution in [3.05, 3.63) is 39.2 Å². The molecule has 1 aromatic carbocycles. The molecule has 122 valence electrons. The summed E-state index contributed by atoms with van der Waals surface area (Å²) in [5.41, 5.74) is 0.878. The molecule has 7 heteroatoms. The Morgan fingerprint density at radius 2 is 1.96 bits per heavy atom. The fourth-order valence-electron chi connectivity index (χ4n) is 2.31. The molecule has 1 amide bonds. The quantitative estimate of drug-likeness (QED) is 0.744. The summed E-state index contributed by atoms with van der Waals surface area (Å²) < 4.78 is 5.23. The highest BCUT2D eigenvalue weighted by Gasteiger charge is 2.16. The zero-order valence-electron chi connectivity index (χ0n) is 12.8. The lowest BCUT2D eigenvalue weighted by Crippen LogP contribution is -2.32. The number of benzene rings is 1. The van der Waals surface area contributed by atoms with Crippen molar-refractivity contribution in [3.63, 3.8) is 0 Å². The van der Waals surface area contributed by atoms with E-state index < -0.39 is 17.5 Å². The second kappa shape index (κ2) is 6.51. The zero-order valence-corrected chi connectivity index (χ0v) is 12.8. The van der Waals surface area contributed by atoms with Crippen molar-refractivity contribution in [3.8, 4) is 5.75 Å². The van der Waals surface area contributed by atoms with E-state index in [9.17, 15) is 24.6 Å². The Labute approximate surface area is 131 Å². The van der Waals surface area contributed by atoms with Gasteiger partial charge < -0.3 is 24.7 Å². The molecule has 0 bridgehead atoms. The largest absolute Gasteiger partial charge is 0.550 e. The van der Waals surface area contributed by atoms with Crippen LogP contribution in [-0.4, -0.2) is 23.5 Å². The molecule has 0 atom stereocenters. The number of carbonyl (C=O) groups is 2. The van der Waals surface area contributed by atoms with Crippen LogP contribution in [0.2, 0.25) is 0 Å². The summed E-state index contributed by atoms with van der Waals surface area (Å²) in [6.45, 7) is 3.26. The summed E-state index contributed by atoms with van der Waals surface area (Å²) in [6.07, 6.45) is -0.507. The van der Waals surface area contributed by atoms with Gasteiger partial charge in [0.05, 0.1) is 12.0 Å². The van der Waals surface area contributed by atoms with E-state index >= 15 is 0 Å². The first-order chi connectivity index (χ1) is 10.8. The zero-order chi connectivity index (χ0) is 17.1. The summed E-state index contributed by atoms with van der Waals surface area (Å²) in [7, 11) is 0. The molecule has 0 aliphatic heterocycles. The molecule has 0 radical (unpaired) electrons. The van der Waals surface area contributed by atoms with Gasteiger partial charge in [0.15, 0.2) is 0 Å². The number of nitrogens with one attached hydrogen (secondary N) is 1. The van der Waals surface area contributed by atoms with Crippen LogP contribution in [0, 0.1) is 13.8 Å². The fraction of sp³-hybridized carbons (Fsp3) is 0.312. The van der Waals surface area contributed by atoms with Crippen LogP contribution in [0.4, 0.5) is 0 Å². The molecule has 1 heterocycles. The number of aromatic hydroxyl groups is 1. The molecule has 2 rings (SSSR count). The molecule has 0 fully saturated rings. The normalized spacial score (nSPS) is 10.7. The Morgan fingerprint density at radius 3 is 2.61 bits per heavy atom. The van der Waals surface area contributed by atoms with E-state index in [1.807, 2.05) is 0 Å². The highest BCUT2D eigenvalue weighted by Crippen LogP contribution is 2.28. The minimum Gasteiger partial charge on any atom is -0.550 e. The van der Waals surface area contributed by atoms with Crippen LogP contribution in [0.1, 0.15) is 23.1 Å². The molecule has 7 nitrogen and oxygen atoms in total. The number of carbonyl (C=O) groups excluding carboxylic acids is 2. The average Bonchev–Trinajstić information content (AvgIpc) is 2.47. The van der Waals surface area contributed by atoms with Gasteiger partial charge in [0.25, 0.3) is 0 Å². The molecular formula is C16H16NO6-. The van der Waals surface area contributed by atoms with Crippen molar-refractivity contribution in [2.75, 3.05) is 6.54 Å². The van der Waals surface area contributed by atoms with Crippen LogP contribution in [0.25, 0.3) is 11.0 Å². The number of aliphatic carboxylic acids is 1. The number of rotatable bonds is 5. The van der Waals surface area contributed by atoms with Gasteiger partial charge in [-0.15, -0.1) is 0 Å². The Morgan fingerprint density at radius 1 is 1.26 bits per heavy atom. The van der Waals surface area contributed by atoms with Gasteiger partial charge >= 0.3 is 5.63 Å². The second-order valence-corrected chi connectivity index (χ2v) is 5.23. The molecule has 0 aliphatic carbocycles. The van der Waals surface area contributed by atoms with Gasteiger partial charge in [0.2, 0.25) is 5.91 Å². The van der Waals surface area contributed by atoms with Gasteiger partial charge in [-0.1, -0.05) is 0 Å². The monoisotopic (exact) mass is 318 g/mol. The molecule has 0 saturated heterocycles. The number of phenolic OH excluding ortho intramolecular Hbond substituents is 1. The lowest BCUT2D eigenvalue weighted by molar-refractivity contribution is -0.305. The van der Waals surface area contributed by atoms with Crippen molar-refractivity contribution in [2.24, 2.45) is 0 Å². The summed E-state index contributed by atoms with van der Waals surface area (Å²) in [4.78, 5) is 34.2. The number of carboxylic acids is 1. The topological polar surface area (TPSA) is 120 Å². The van der Waals surface area contributed by atoms with E-state index in [0.29, 0.717) is 16.5 Å². The summed E-state index contributed by atoms with van der Waals surface area (Å²) in [5, 5.41) is 23.0. The molecule has 1 aromatic heterocycles. The lowest BCUT2D eigenvalue weighted by atomic mass is 10.0. The number of amides is 1. The van der Waals surface area contributed by atoms with Gasteiger partial charge in [-0.25, -0.2) is 4.79 Å². The molecule has 0 aliphatic rings. The summed E-state index contributed by atoms with van der Waals surface area (Å²) >= 11 is 0. The first kappa shape index (κ1) is 16.5. The first-order valence-electron chi connectivity index (χ1n) is 7.02. The van der Waals surface area contributed by atoms with Gasteiger partial charge in [-0.05, 0) is 31.5 Å². The van der Waals surface area contributed by atoms with E-state index in [0.717, 1.165) is 0 Å². The Hall–Kier alpha value is -2.83. The van der Waals surface area contributed by atoms with Gasteiger partial charge in [-0.2, -0.15) is 0 Å². The van der Waals surface area contributed by atoms with Crippen LogP contribution in [-0.2, 0) is 16.0 Å². The predicted octanol–water partition coefficient (Wildman–Crippen LogP) is -0.0859. The molecule has 2 N–H and O–H groups in total. The molecule has 0 spiro atoms. The van der Waals surface area contributed by atoms with E-state index in [4.69, 9.17) is 4.42 Å². The van der Waals surface area contributed by atoms with E-state index in [2.05, 4.69) is 5.32 Å². The molecular weight excluding hydrogens is 302 g/mol. The van der Waals surface area contributed by atoms with Crippen molar-refractivity contribution in [1.82, 2.24) is 5.32 Å². The van der Waals surface area contributed by atoms with Crippen LogP contribution in [0.5, 0.6) is 5.75 Å². The number of fused-ring (bicyclic) bond motifs is 1. The number of hydrogen-bond donors (Lipinski definition) is 2. The third-order valence-electron chi connectivity index (χ3n) is 3.66. The molecule has 2 aromatic rings. The van der Waals surface area contributed by atoms with Crippen LogP contribution in [0.3, 0.4) is 0 Å². The highest BCUT2D eigenvalue weighted by molar-refractivity contribution is 5.87. The van der Waals surface area contributed by atoms with E-state index in [1.54, 1.807) is 19.9 Å². The van der Waals surface area contributed by atoms with Crippen molar-refractivity contribution in [1.29, 1.82) is 0 Å². The lowest BCUT2D eigenvalue weighted by Gasteiger charge is -2.10. The van der Waals surface area contributed by atoms with Crippen LogP contribution < -0.4 is 16.0 Å². The number of aryl methyl sites for hydroxylation is 2. The second-order valence-electron chi connectivity index (χ2n) is 5.23. The predicted molar refractivity (Wildman–Crippen MR) is 80.0 cm³/mol. The minimum atomic E-state index is -1.26. The SMILES string of the molecule is Cc1c(CC(=O)NCCC(=O)[O-])c(=O)oc2c(C)c(O)ccc12. The van der Waals surface area contributed by atoms with Gasteiger partial charge in [0, 0.05) is 29.9 Å². The number of phenols is 1. The smallest absolute Gasteiger partial charge is 0.340 e. The Kier molecular flexibility index (Phi) is 4.68. The van der Waals surface area contributed by atoms with E-state index in [1.165, 1.54) is 6.07 Å². The highest BCUT2D eigenvalue weighted by atomic mass is 16.4. The molecule has 0 saturated carbocycles.